The van der Waals surface area contributed by atoms with Crippen LogP contribution in [0.15, 0.2) is 18.2 Å². The summed E-state index contributed by atoms with van der Waals surface area (Å²) in [6.45, 7) is 6.70. The van der Waals surface area contributed by atoms with Crippen LogP contribution in [0.3, 0.4) is 0 Å². The van der Waals surface area contributed by atoms with Gasteiger partial charge in [0, 0.05) is 0 Å². The summed E-state index contributed by atoms with van der Waals surface area (Å²) < 4.78 is 0. The molecule has 0 aliphatic rings. The zero-order valence-electron chi connectivity index (χ0n) is 9.64. The lowest BCUT2D eigenvalue weighted by Gasteiger charge is -2.12. The lowest BCUT2D eigenvalue weighted by molar-refractivity contribution is 0.897. The van der Waals surface area contributed by atoms with E-state index in [9.17, 15) is 0 Å². The predicted octanol–water partition coefficient (Wildman–Crippen LogP) is 4.16. The summed E-state index contributed by atoms with van der Waals surface area (Å²) in [5.41, 5.74) is 4.50. The zero-order chi connectivity index (χ0) is 10.4. The van der Waals surface area contributed by atoms with Gasteiger partial charge < -0.3 is 0 Å². The van der Waals surface area contributed by atoms with E-state index >= 15 is 0 Å². The van der Waals surface area contributed by atoms with Gasteiger partial charge in [-0.15, -0.1) is 0 Å². The van der Waals surface area contributed by atoms with E-state index in [1.165, 1.54) is 29.5 Å². The summed E-state index contributed by atoms with van der Waals surface area (Å²) in [7, 11) is 0. The first-order valence-electron chi connectivity index (χ1n) is 5.77. The number of aryl methyl sites for hydroxylation is 2. The molecule has 0 bridgehead atoms. The molecule has 77 valence electrons. The second-order valence-electron chi connectivity index (χ2n) is 3.69. The Morgan fingerprint density at radius 2 is 1.57 bits per heavy atom. The van der Waals surface area contributed by atoms with E-state index in [1.54, 1.807) is 0 Å². The first-order valence-corrected chi connectivity index (χ1v) is 5.77. The number of unbranched alkanes of at least 4 members (excludes halogenated alkanes) is 1. The molecule has 1 rings (SSSR count). The monoisotopic (exact) mass is 189 g/mol. The van der Waals surface area contributed by atoms with Gasteiger partial charge in [-0.1, -0.05) is 45.4 Å². The van der Waals surface area contributed by atoms with Crippen molar-refractivity contribution in [2.45, 2.75) is 46.5 Å². The van der Waals surface area contributed by atoms with Crippen LogP contribution in [0.2, 0.25) is 0 Å². The summed E-state index contributed by atoms with van der Waals surface area (Å²) in [4.78, 5) is 0. The molecule has 0 aromatic heterocycles. The van der Waals surface area contributed by atoms with Crippen LogP contribution in [0.5, 0.6) is 0 Å². The molecule has 1 radical (unpaired) electrons. The van der Waals surface area contributed by atoms with E-state index in [4.69, 9.17) is 0 Å². The summed E-state index contributed by atoms with van der Waals surface area (Å²) in [6, 6.07) is 6.68. The average Bonchev–Trinajstić information content (AvgIpc) is 2.25. The quantitative estimate of drug-likeness (QED) is 0.652. The maximum Gasteiger partial charge on any atom is -0.00875 e. The van der Waals surface area contributed by atoms with Crippen molar-refractivity contribution in [1.82, 2.24) is 0 Å². The molecular formula is C14H21. The normalized spacial score (nSPS) is 10.5. The molecule has 0 heterocycles. The molecule has 0 aliphatic heterocycles. The smallest absolute Gasteiger partial charge is 0.00875 e. The minimum absolute atomic E-state index is 1.14. The maximum atomic E-state index is 2.40. The topological polar surface area (TPSA) is 0 Å². The number of hydrogen-bond donors (Lipinski definition) is 0. The largest absolute Gasteiger partial charge is 0.0654 e. The molecule has 0 spiro atoms. The Morgan fingerprint density at radius 1 is 1.00 bits per heavy atom. The Morgan fingerprint density at radius 3 is 2.00 bits per heavy atom. The fraction of sp³-hybridized carbons (Fsp3) is 0.500. The van der Waals surface area contributed by atoms with E-state index in [0.29, 0.717) is 0 Å². The van der Waals surface area contributed by atoms with Crippen molar-refractivity contribution in [1.29, 1.82) is 0 Å². The second kappa shape index (κ2) is 5.85. The average molecular weight is 189 g/mol. The van der Waals surface area contributed by atoms with Gasteiger partial charge in [0.2, 0.25) is 0 Å². The Hall–Kier alpha value is -0.780. The number of hydrogen-bond acceptors (Lipinski definition) is 0. The minimum atomic E-state index is 1.14. The van der Waals surface area contributed by atoms with Gasteiger partial charge in [0.05, 0.1) is 0 Å². The van der Waals surface area contributed by atoms with E-state index in [2.05, 4.69) is 45.4 Å². The second-order valence-corrected chi connectivity index (χ2v) is 3.69. The molecule has 0 saturated heterocycles. The molecule has 14 heavy (non-hydrogen) atoms. The van der Waals surface area contributed by atoms with Gasteiger partial charge in [0.15, 0.2) is 0 Å². The minimum Gasteiger partial charge on any atom is -0.0654 e. The fourth-order valence-electron chi connectivity index (χ4n) is 1.83. The fourth-order valence-corrected chi connectivity index (χ4v) is 1.83. The predicted molar refractivity (Wildman–Crippen MR) is 63.5 cm³/mol. The molecule has 1 aromatic rings. The first-order chi connectivity index (χ1) is 6.83. The molecule has 0 fully saturated rings. The van der Waals surface area contributed by atoms with Crippen LogP contribution in [0.1, 0.15) is 50.3 Å². The van der Waals surface area contributed by atoms with Crippen molar-refractivity contribution in [2.24, 2.45) is 0 Å². The van der Waals surface area contributed by atoms with Crippen LogP contribution >= 0.6 is 0 Å². The van der Waals surface area contributed by atoms with Crippen LogP contribution in [0.4, 0.5) is 0 Å². The highest BCUT2D eigenvalue weighted by atomic mass is 14.1. The van der Waals surface area contributed by atoms with Gasteiger partial charge >= 0.3 is 0 Å². The molecule has 0 nitrogen and oxygen atoms in total. The van der Waals surface area contributed by atoms with E-state index in [1.807, 2.05) is 0 Å². The molecule has 0 saturated carbocycles. The molecule has 0 unspecified atom stereocenters. The Labute approximate surface area is 88.4 Å². The highest BCUT2D eigenvalue weighted by Crippen LogP contribution is 2.20. The van der Waals surface area contributed by atoms with Crippen LogP contribution < -0.4 is 0 Å². The summed E-state index contributed by atoms with van der Waals surface area (Å²) in [5.74, 6) is 0. The van der Waals surface area contributed by atoms with Gasteiger partial charge in [-0.2, -0.15) is 0 Å². The van der Waals surface area contributed by atoms with E-state index in [0.717, 1.165) is 12.8 Å². The summed E-state index contributed by atoms with van der Waals surface area (Å²) >= 11 is 0. The third-order valence-electron chi connectivity index (χ3n) is 2.69. The first kappa shape index (κ1) is 11.3. The van der Waals surface area contributed by atoms with Gasteiger partial charge in [-0.25, -0.2) is 0 Å². The van der Waals surface area contributed by atoms with Crippen molar-refractivity contribution in [3.05, 3.63) is 41.3 Å². The van der Waals surface area contributed by atoms with E-state index < -0.39 is 0 Å². The summed E-state index contributed by atoms with van der Waals surface area (Å²) in [6.07, 6.45) is 7.12. The Balaban J connectivity index is 2.93. The number of rotatable bonds is 5. The van der Waals surface area contributed by atoms with Gasteiger partial charge in [-0.05, 0) is 42.4 Å². The van der Waals surface area contributed by atoms with Crippen molar-refractivity contribution < 1.29 is 0 Å². The van der Waals surface area contributed by atoms with Crippen LogP contribution in [0, 0.1) is 6.42 Å². The van der Waals surface area contributed by atoms with Crippen molar-refractivity contribution in [2.75, 3.05) is 0 Å². The molecule has 1 aromatic carbocycles. The molecule has 0 atom stereocenters. The zero-order valence-corrected chi connectivity index (χ0v) is 9.64. The Bertz CT molecular complexity index is 251. The Kier molecular flexibility index (Phi) is 4.72. The van der Waals surface area contributed by atoms with Gasteiger partial charge in [0.25, 0.3) is 0 Å². The lowest BCUT2D eigenvalue weighted by Crippen LogP contribution is -1.97. The molecule has 0 heteroatoms. The van der Waals surface area contributed by atoms with E-state index in [-0.39, 0.29) is 0 Å². The van der Waals surface area contributed by atoms with Crippen LogP contribution in [0.25, 0.3) is 0 Å². The molecule has 0 aliphatic carbocycles. The highest BCUT2D eigenvalue weighted by Gasteiger charge is 2.04. The molecular weight excluding hydrogens is 168 g/mol. The SMILES string of the molecule is CCC[CH]c1c(CC)cccc1CC. The van der Waals surface area contributed by atoms with Crippen LogP contribution in [-0.2, 0) is 12.8 Å². The van der Waals surface area contributed by atoms with Crippen LogP contribution in [-0.4, -0.2) is 0 Å². The third-order valence-corrected chi connectivity index (χ3v) is 2.69. The summed E-state index contributed by atoms with van der Waals surface area (Å²) in [5, 5.41) is 0. The van der Waals surface area contributed by atoms with Gasteiger partial charge in [0.1, 0.15) is 0 Å². The highest BCUT2D eigenvalue weighted by molar-refractivity contribution is 5.40. The number of benzene rings is 1. The lowest BCUT2D eigenvalue weighted by atomic mass is 9.94. The van der Waals surface area contributed by atoms with Crippen molar-refractivity contribution in [3.8, 4) is 0 Å². The maximum absolute atomic E-state index is 2.40. The third kappa shape index (κ3) is 2.60. The van der Waals surface area contributed by atoms with Gasteiger partial charge in [-0.3, -0.25) is 0 Å². The van der Waals surface area contributed by atoms with Crippen molar-refractivity contribution in [3.63, 3.8) is 0 Å². The molecule has 0 amide bonds. The van der Waals surface area contributed by atoms with Crippen molar-refractivity contribution >= 4 is 0 Å². The standard InChI is InChI=1S/C14H21/c1-4-7-11-14-12(5-2)9-8-10-13(14)6-3/h8-11H,4-7H2,1-3H3. The molecule has 0 N–H and O–H groups in total.